The van der Waals surface area contributed by atoms with Crippen LogP contribution in [0.3, 0.4) is 0 Å². The summed E-state index contributed by atoms with van der Waals surface area (Å²) in [6, 6.07) is 9.68. The molecule has 114 valence electrons. The van der Waals surface area contributed by atoms with Crippen LogP contribution in [-0.2, 0) is 23.0 Å². The summed E-state index contributed by atoms with van der Waals surface area (Å²) in [6.07, 6.45) is 0.692. The fourth-order valence-corrected chi connectivity index (χ4v) is 4.63. The van der Waals surface area contributed by atoms with Crippen molar-refractivity contribution < 1.29 is 8.42 Å². The van der Waals surface area contributed by atoms with Gasteiger partial charge in [0, 0.05) is 18.0 Å². The molecule has 4 nitrogen and oxygen atoms in total. The van der Waals surface area contributed by atoms with E-state index < -0.39 is 10.0 Å². The molecule has 0 saturated heterocycles. The molecule has 0 radical (unpaired) electrons. The lowest BCUT2D eigenvalue weighted by Gasteiger charge is -2.09. The van der Waals surface area contributed by atoms with Gasteiger partial charge in [-0.25, -0.2) is 13.1 Å². The van der Waals surface area contributed by atoms with Crippen LogP contribution in [0, 0.1) is 6.92 Å². The third-order valence-electron chi connectivity index (χ3n) is 3.28. The first-order valence-electron chi connectivity index (χ1n) is 6.79. The van der Waals surface area contributed by atoms with Crippen LogP contribution < -0.4 is 10.0 Å². The molecule has 0 aliphatic heterocycles. The Hall–Kier alpha value is -1.21. The van der Waals surface area contributed by atoms with E-state index in [9.17, 15) is 8.42 Å². The highest BCUT2D eigenvalue weighted by molar-refractivity contribution is 7.89. The molecule has 0 aliphatic carbocycles. The smallest absolute Gasteiger partial charge is 0.241 e. The first-order valence-corrected chi connectivity index (χ1v) is 9.16. The number of aryl methyl sites for hydroxylation is 1. The van der Waals surface area contributed by atoms with Gasteiger partial charge in [0.1, 0.15) is 0 Å². The number of rotatable bonds is 7. The fraction of sp³-hybridized carbons (Fsp3) is 0.333. The maximum atomic E-state index is 12.3. The Bertz CT molecular complexity index is 693. The van der Waals surface area contributed by atoms with Gasteiger partial charge in [-0.1, -0.05) is 24.3 Å². The number of thiophene rings is 1. The molecular weight excluding hydrogens is 304 g/mol. The van der Waals surface area contributed by atoms with Crippen molar-refractivity contribution in [1.29, 1.82) is 0 Å². The molecular formula is C15H20N2O2S2. The van der Waals surface area contributed by atoms with E-state index in [4.69, 9.17) is 0 Å². The first kappa shape index (κ1) is 16.2. The molecule has 2 N–H and O–H groups in total. The highest BCUT2D eigenvalue weighted by Gasteiger charge is 2.18. The maximum absolute atomic E-state index is 12.3. The minimum absolute atomic E-state index is 0.381. The number of nitrogens with one attached hydrogen (secondary N) is 2. The van der Waals surface area contributed by atoms with Crippen LogP contribution in [-0.4, -0.2) is 22.0 Å². The lowest BCUT2D eigenvalue weighted by atomic mass is 10.1. The Morgan fingerprint density at radius 3 is 2.67 bits per heavy atom. The second-order valence-electron chi connectivity index (χ2n) is 4.81. The Kier molecular flexibility index (Phi) is 5.52. The molecule has 21 heavy (non-hydrogen) atoms. The minimum Gasteiger partial charge on any atom is -0.315 e. The van der Waals surface area contributed by atoms with Gasteiger partial charge >= 0.3 is 0 Å². The Morgan fingerprint density at radius 2 is 1.95 bits per heavy atom. The third-order valence-corrected chi connectivity index (χ3v) is 5.87. The second-order valence-corrected chi connectivity index (χ2v) is 7.55. The molecule has 0 unspecified atom stereocenters. The molecule has 0 fully saturated rings. The van der Waals surface area contributed by atoms with E-state index in [1.54, 1.807) is 6.07 Å². The number of benzene rings is 1. The Labute approximate surface area is 130 Å². The summed E-state index contributed by atoms with van der Waals surface area (Å²) in [4.78, 5) is 1.22. The lowest BCUT2D eigenvalue weighted by Crippen LogP contribution is -2.27. The highest BCUT2D eigenvalue weighted by atomic mass is 32.2. The molecule has 2 aromatic rings. The van der Waals surface area contributed by atoms with E-state index in [1.165, 1.54) is 22.5 Å². The van der Waals surface area contributed by atoms with Gasteiger partial charge in [0.15, 0.2) is 0 Å². The Morgan fingerprint density at radius 1 is 1.19 bits per heavy atom. The maximum Gasteiger partial charge on any atom is 0.241 e. The van der Waals surface area contributed by atoms with Crippen molar-refractivity contribution in [2.24, 2.45) is 0 Å². The summed E-state index contributed by atoms with van der Waals surface area (Å²) in [6.45, 7) is 3.00. The third kappa shape index (κ3) is 4.14. The monoisotopic (exact) mass is 324 g/mol. The first-order chi connectivity index (χ1) is 10.0. The van der Waals surface area contributed by atoms with Crippen LogP contribution >= 0.6 is 11.3 Å². The van der Waals surface area contributed by atoms with Gasteiger partial charge in [0.25, 0.3) is 0 Å². The standard InChI is InChI=1S/C15H20N2O2S2/c1-12-5-3-4-6-13(12)7-9-17-21(18,19)15-8-10-20-14(15)11-16-2/h3-6,8,10,16-17H,7,9,11H2,1-2H3. The predicted octanol–water partition coefficient (Wildman–Crippen LogP) is 2.30. The number of hydrogen-bond donors (Lipinski definition) is 2. The molecule has 6 heteroatoms. The van der Waals surface area contributed by atoms with Gasteiger partial charge < -0.3 is 5.32 Å². The van der Waals surface area contributed by atoms with Gasteiger partial charge in [-0.15, -0.1) is 11.3 Å². The zero-order chi connectivity index (χ0) is 15.3. The fourth-order valence-electron chi connectivity index (χ4n) is 2.15. The Balaban J connectivity index is 2.02. The van der Waals surface area contributed by atoms with Crippen molar-refractivity contribution >= 4 is 21.4 Å². The van der Waals surface area contributed by atoms with Gasteiger partial charge in [0.2, 0.25) is 10.0 Å². The van der Waals surface area contributed by atoms with E-state index in [0.717, 1.165) is 4.88 Å². The number of hydrogen-bond acceptors (Lipinski definition) is 4. The molecule has 1 aromatic carbocycles. The van der Waals surface area contributed by atoms with Crippen LogP contribution in [0.25, 0.3) is 0 Å². The summed E-state index contributed by atoms with van der Waals surface area (Å²) in [7, 11) is -1.63. The van der Waals surface area contributed by atoms with E-state index in [2.05, 4.69) is 10.0 Å². The summed E-state index contributed by atoms with van der Waals surface area (Å²) < 4.78 is 27.4. The van der Waals surface area contributed by atoms with Crippen molar-refractivity contribution in [2.75, 3.05) is 13.6 Å². The van der Waals surface area contributed by atoms with Crippen molar-refractivity contribution in [1.82, 2.24) is 10.0 Å². The predicted molar refractivity (Wildman–Crippen MR) is 87.2 cm³/mol. The van der Waals surface area contributed by atoms with Crippen LogP contribution in [0.2, 0.25) is 0 Å². The van der Waals surface area contributed by atoms with Gasteiger partial charge in [-0.3, -0.25) is 0 Å². The summed E-state index contributed by atoms with van der Waals surface area (Å²) in [5.74, 6) is 0. The highest BCUT2D eigenvalue weighted by Crippen LogP contribution is 2.21. The van der Waals surface area contributed by atoms with Gasteiger partial charge in [0.05, 0.1) is 4.90 Å². The van der Waals surface area contributed by atoms with E-state index >= 15 is 0 Å². The molecule has 0 bridgehead atoms. The lowest BCUT2D eigenvalue weighted by molar-refractivity contribution is 0.580. The van der Waals surface area contributed by atoms with Crippen LogP contribution in [0.1, 0.15) is 16.0 Å². The molecule has 0 spiro atoms. The van der Waals surface area contributed by atoms with Crippen LogP contribution in [0.4, 0.5) is 0 Å². The van der Waals surface area contributed by atoms with Crippen molar-refractivity contribution in [3.63, 3.8) is 0 Å². The molecule has 0 aliphatic rings. The normalized spacial score (nSPS) is 11.7. The van der Waals surface area contributed by atoms with E-state index in [-0.39, 0.29) is 0 Å². The molecule has 0 atom stereocenters. The van der Waals surface area contributed by atoms with E-state index in [1.807, 2.05) is 43.6 Å². The molecule has 1 aromatic heterocycles. The molecule has 0 amide bonds. The summed E-state index contributed by atoms with van der Waals surface area (Å²) in [5, 5.41) is 4.80. The zero-order valence-corrected chi connectivity index (χ0v) is 13.9. The molecule has 0 saturated carbocycles. The topological polar surface area (TPSA) is 58.2 Å². The van der Waals surface area contributed by atoms with Crippen LogP contribution in [0.5, 0.6) is 0 Å². The quantitative estimate of drug-likeness (QED) is 0.821. The summed E-state index contributed by atoms with van der Waals surface area (Å²) in [5.41, 5.74) is 2.35. The summed E-state index contributed by atoms with van der Waals surface area (Å²) >= 11 is 1.45. The van der Waals surface area contributed by atoms with Crippen molar-refractivity contribution in [2.45, 2.75) is 24.8 Å². The van der Waals surface area contributed by atoms with Gasteiger partial charge in [-0.05, 0) is 43.0 Å². The number of sulfonamides is 1. The SMILES string of the molecule is CNCc1sccc1S(=O)(=O)NCCc1ccccc1C. The average molecular weight is 324 g/mol. The molecule has 1 heterocycles. The zero-order valence-electron chi connectivity index (χ0n) is 12.2. The minimum atomic E-state index is -3.43. The average Bonchev–Trinajstić information content (AvgIpc) is 2.90. The second kappa shape index (κ2) is 7.17. The van der Waals surface area contributed by atoms with Crippen LogP contribution in [0.15, 0.2) is 40.6 Å². The van der Waals surface area contributed by atoms with Crippen molar-refractivity contribution in [3.8, 4) is 0 Å². The van der Waals surface area contributed by atoms with Gasteiger partial charge in [-0.2, -0.15) is 0 Å². The molecule has 2 rings (SSSR count). The van der Waals surface area contributed by atoms with E-state index in [0.29, 0.717) is 24.4 Å². The largest absolute Gasteiger partial charge is 0.315 e. The van der Waals surface area contributed by atoms with Crippen molar-refractivity contribution in [3.05, 3.63) is 51.7 Å².